The SMILES string of the molecule is c1ccc(-c2ccc3oc4c(-c5cccc(-c6ccnc7c6oc6ccc(-c8ccccc8)cc67)c5)ccnc4c3c2)cc1. The third-order valence-electron chi connectivity index (χ3n) is 8.40. The Kier molecular flexibility index (Phi) is 5.47. The van der Waals surface area contributed by atoms with Crippen molar-refractivity contribution in [1.29, 1.82) is 0 Å². The molecular weight excluding hydrogens is 540 g/mol. The van der Waals surface area contributed by atoms with Gasteiger partial charge in [0.05, 0.1) is 0 Å². The highest BCUT2D eigenvalue weighted by Crippen LogP contribution is 2.40. The van der Waals surface area contributed by atoms with E-state index in [2.05, 4.69) is 97.1 Å². The Morgan fingerprint density at radius 3 is 1.30 bits per heavy atom. The first-order valence-electron chi connectivity index (χ1n) is 14.6. The summed E-state index contributed by atoms with van der Waals surface area (Å²) in [5.41, 5.74) is 13.6. The molecule has 0 N–H and O–H groups in total. The van der Waals surface area contributed by atoms with Crippen LogP contribution in [-0.4, -0.2) is 9.97 Å². The fourth-order valence-corrected chi connectivity index (χ4v) is 6.24. The van der Waals surface area contributed by atoms with Gasteiger partial charge >= 0.3 is 0 Å². The number of rotatable bonds is 4. The number of hydrogen-bond donors (Lipinski definition) is 0. The van der Waals surface area contributed by atoms with Crippen LogP contribution in [0.15, 0.2) is 155 Å². The van der Waals surface area contributed by atoms with Crippen LogP contribution in [0.3, 0.4) is 0 Å². The maximum absolute atomic E-state index is 6.44. The molecule has 0 atom stereocenters. The van der Waals surface area contributed by atoms with Crippen molar-refractivity contribution in [2.24, 2.45) is 0 Å². The first kappa shape index (κ1) is 24.6. The van der Waals surface area contributed by atoms with E-state index in [0.29, 0.717) is 0 Å². The molecule has 0 bridgehead atoms. The molecule has 0 aliphatic carbocycles. The van der Waals surface area contributed by atoms with E-state index in [-0.39, 0.29) is 0 Å². The molecule has 0 unspecified atom stereocenters. The van der Waals surface area contributed by atoms with Gasteiger partial charge in [0, 0.05) is 34.3 Å². The van der Waals surface area contributed by atoms with Crippen LogP contribution < -0.4 is 0 Å². The molecular formula is C40H24N2O2. The lowest BCUT2D eigenvalue weighted by Gasteiger charge is -2.07. The van der Waals surface area contributed by atoms with Crippen LogP contribution in [0.25, 0.3) is 88.6 Å². The third kappa shape index (κ3) is 3.92. The Hall–Kier alpha value is -6.00. The number of furan rings is 2. The van der Waals surface area contributed by atoms with E-state index in [1.807, 2.05) is 48.8 Å². The zero-order valence-corrected chi connectivity index (χ0v) is 23.6. The van der Waals surface area contributed by atoms with E-state index in [0.717, 1.165) is 88.6 Å². The van der Waals surface area contributed by atoms with Gasteiger partial charge in [0.25, 0.3) is 0 Å². The summed E-state index contributed by atoms with van der Waals surface area (Å²) < 4.78 is 12.9. The minimum absolute atomic E-state index is 0.780. The maximum Gasteiger partial charge on any atom is 0.161 e. The Bertz CT molecular complexity index is 2320. The first-order valence-corrected chi connectivity index (χ1v) is 14.6. The van der Waals surface area contributed by atoms with Crippen LogP contribution >= 0.6 is 0 Å². The summed E-state index contributed by atoms with van der Waals surface area (Å²) in [6.07, 6.45) is 3.73. The molecule has 44 heavy (non-hydrogen) atoms. The minimum atomic E-state index is 0.780. The van der Waals surface area contributed by atoms with Crippen LogP contribution in [0.4, 0.5) is 0 Å². The van der Waals surface area contributed by atoms with Crippen LogP contribution in [0, 0.1) is 0 Å². The average molecular weight is 565 g/mol. The van der Waals surface area contributed by atoms with Gasteiger partial charge in [-0.3, -0.25) is 9.97 Å². The summed E-state index contributed by atoms with van der Waals surface area (Å²) in [5, 5.41) is 2.01. The lowest BCUT2D eigenvalue weighted by atomic mass is 9.98. The molecule has 9 rings (SSSR count). The molecule has 0 spiro atoms. The summed E-state index contributed by atoms with van der Waals surface area (Å²) in [6, 6.07) is 45.9. The molecule has 0 fully saturated rings. The molecule has 0 radical (unpaired) electrons. The van der Waals surface area contributed by atoms with Crippen molar-refractivity contribution >= 4 is 44.1 Å². The van der Waals surface area contributed by atoms with Gasteiger partial charge in [-0.1, -0.05) is 91.0 Å². The van der Waals surface area contributed by atoms with Crippen LogP contribution in [-0.2, 0) is 0 Å². The smallest absolute Gasteiger partial charge is 0.161 e. The topological polar surface area (TPSA) is 52.1 Å². The zero-order chi connectivity index (χ0) is 29.0. The van der Waals surface area contributed by atoms with Crippen molar-refractivity contribution < 1.29 is 8.83 Å². The summed E-state index contributed by atoms with van der Waals surface area (Å²) in [6.45, 7) is 0. The molecule has 9 aromatic rings. The minimum Gasteiger partial charge on any atom is -0.454 e. The first-order chi connectivity index (χ1) is 21.8. The predicted molar refractivity (Wildman–Crippen MR) is 178 cm³/mol. The van der Waals surface area contributed by atoms with Gasteiger partial charge in [-0.05, 0) is 75.8 Å². The molecule has 4 nitrogen and oxygen atoms in total. The van der Waals surface area contributed by atoms with Gasteiger partial charge in [0.2, 0.25) is 0 Å². The molecule has 4 heteroatoms. The zero-order valence-electron chi connectivity index (χ0n) is 23.6. The molecule has 0 saturated carbocycles. The van der Waals surface area contributed by atoms with Gasteiger partial charge in [0.15, 0.2) is 11.2 Å². The van der Waals surface area contributed by atoms with Crippen LogP contribution in [0.5, 0.6) is 0 Å². The van der Waals surface area contributed by atoms with Crippen molar-refractivity contribution in [1.82, 2.24) is 9.97 Å². The van der Waals surface area contributed by atoms with E-state index < -0.39 is 0 Å². The fourth-order valence-electron chi connectivity index (χ4n) is 6.24. The predicted octanol–water partition coefficient (Wildman–Crippen LogP) is 10.9. The van der Waals surface area contributed by atoms with Gasteiger partial charge in [-0.25, -0.2) is 0 Å². The van der Waals surface area contributed by atoms with Gasteiger partial charge in [0.1, 0.15) is 22.2 Å². The van der Waals surface area contributed by atoms with Crippen LogP contribution in [0.2, 0.25) is 0 Å². The summed E-state index contributed by atoms with van der Waals surface area (Å²) in [4.78, 5) is 9.50. The lowest BCUT2D eigenvalue weighted by Crippen LogP contribution is -1.85. The highest BCUT2D eigenvalue weighted by molar-refractivity contribution is 6.10. The van der Waals surface area contributed by atoms with Gasteiger partial charge in [-0.2, -0.15) is 0 Å². The largest absolute Gasteiger partial charge is 0.454 e. The summed E-state index contributed by atoms with van der Waals surface area (Å²) >= 11 is 0. The Labute approximate surface area is 252 Å². The van der Waals surface area contributed by atoms with Crippen LogP contribution in [0.1, 0.15) is 0 Å². The quantitative estimate of drug-likeness (QED) is 0.213. The molecule has 5 aromatic carbocycles. The Balaban J connectivity index is 1.16. The number of pyridine rings is 2. The molecule has 0 amide bonds. The van der Waals surface area contributed by atoms with E-state index in [1.54, 1.807) is 0 Å². The second-order valence-corrected chi connectivity index (χ2v) is 11.0. The van der Waals surface area contributed by atoms with Crippen molar-refractivity contribution in [2.75, 3.05) is 0 Å². The molecule has 206 valence electrons. The molecule has 4 heterocycles. The summed E-state index contributed by atoms with van der Waals surface area (Å²) in [7, 11) is 0. The van der Waals surface area contributed by atoms with Gasteiger partial charge < -0.3 is 8.83 Å². The highest BCUT2D eigenvalue weighted by Gasteiger charge is 2.17. The molecule has 0 aliphatic heterocycles. The number of fused-ring (bicyclic) bond motifs is 6. The van der Waals surface area contributed by atoms with E-state index in [4.69, 9.17) is 18.8 Å². The molecule has 0 saturated heterocycles. The van der Waals surface area contributed by atoms with Gasteiger partial charge in [-0.15, -0.1) is 0 Å². The number of hydrogen-bond acceptors (Lipinski definition) is 4. The number of benzene rings is 5. The molecule has 0 aliphatic rings. The molecule has 4 aromatic heterocycles. The van der Waals surface area contributed by atoms with E-state index in [9.17, 15) is 0 Å². The standard InChI is InChI=1S/C40H24N2O2/c1-3-8-25(9-4-1)27-14-16-35-33(23-27)37-39(43-35)31(18-20-41-37)29-12-7-13-30(22-29)32-19-21-42-38-34-24-28(26-10-5-2-6-11-26)15-17-36(34)44-40(32)38/h1-24H. The monoisotopic (exact) mass is 564 g/mol. The number of aromatic nitrogens is 2. The summed E-state index contributed by atoms with van der Waals surface area (Å²) in [5.74, 6) is 0. The second kappa shape index (κ2) is 9.79. The highest BCUT2D eigenvalue weighted by atomic mass is 16.3. The van der Waals surface area contributed by atoms with Crippen molar-refractivity contribution in [3.05, 3.63) is 146 Å². The normalized spacial score (nSPS) is 11.6. The third-order valence-corrected chi connectivity index (χ3v) is 8.40. The van der Waals surface area contributed by atoms with E-state index >= 15 is 0 Å². The van der Waals surface area contributed by atoms with E-state index in [1.165, 1.54) is 0 Å². The Morgan fingerprint density at radius 2 is 0.818 bits per heavy atom. The number of nitrogens with zero attached hydrogens (tertiary/aromatic N) is 2. The fraction of sp³-hybridized carbons (Fsp3) is 0. The maximum atomic E-state index is 6.44. The second-order valence-electron chi connectivity index (χ2n) is 11.0. The van der Waals surface area contributed by atoms with Crippen molar-refractivity contribution in [3.8, 4) is 44.5 Å². The van der Waals surface area contributed by atoms with Crippen molar-refractivity contribution in [2.45, 2.75) is 0 Å². The average Bonchev–Trinajstić information content (AvgIpc) is 3.67. The van der Waals surface area contributed by atoms with Crippen molar-refractivity contribution in [3.63, 3.8) is 0 Å². The lowest BCUT2D eigenvalue weighted by molar-refractivity contribution is 0.669. The Morgan fingerprint density at radius 1 is 0.364 bits per heavy atom.